The number of rotatable bonds is 1. The molecular formula is C20H16O2. The molecule has 0 atom stereocenters. The van der Waals surface area contributed by atoms with Crippen molar-refractivity contribution >= 4 is 16.3 Å². The van der Waals surface area contributed by atoms with E-state index in [9.17, 15) is 0 Å². The Bertz CT molecular complexity index is 922. The first-order chi connectivity index (χ1) is 10.7. The van der Waals surface area contributed by atoms with E-state index >= 15 is 0 Å². The smallest absolute Gasteiger partial charge is 0.135 e. The molecule has 4 rings (SSSR count). The maximum absolute atomic E-state index is 6.09. The topological polar surface area (TPSA) is 18.5 Å². The van der Waals surface area contributed by atoms with E-state index in [2.05, 4.69) is 37.8 Å². The molecule has 1 aliphatic rings. The van der Waals surface area contributed by atoms with Crippen molar-refractivity contribution in [2.75, 3.05) is 7.11 Å². The van der Waals surface area contributed by atoms with Gasteiger partial charge in [-0.1, -0.05) is 30.8 Å². The van der Waals surface area contributed by atoms with Gasteiger partial charge >= 0.3 is 0 Å². The summed E-state index contributed by atoms with van der Waals surface area (Å²) < 4.78 is 11.4. The molecule has 0 amide bonds. The van der Waals surface area contributed by atoms with Crippen LogP contribution in [0.2, 0.25) is 0 Å². The first kappa shape index (κ1) is 13.0. The number of fused-ring (bicyclic) bond motifs is 4. The predicted octanol–water partition coefficient (Wildman–Crippen LogP) is 5.32. The van der Waals surface area contributed by atoms with Gasteiger partial charge in [0.05, 0.1) is 7.11 Å². The number of aryl methyl sites for hydroxylation is 1. The zero-order valence-electron chi connectivity index (χ0n) is 12.6. The molecule has 0 bridgehead atoms. The second kappa shape index (κ2) is 4.63. The van der Waals surface area contributed by atoms with Crippen LogP contribution in [0.4, 0.5) is 0 Å². The maximum atomic E-state index is 6.09. The average molecular weight is 288 g/mol. The van der Waals surface area contributed by atoms with Gasteiger partial charge in [-0.25, -0.2) is 0 Å². The quantitative estimate of drug-likeness (QED) is 0.471. The van der Waals surface area contributed by atoms with Crippen molar-refractivity contribution in [3.05, 3.63) is 71.8 Å². The molecule has 0 fully saturated rings. The highest BCUT2D eigenvalue weighted by Crippen LogP contribution is 2.47. The minimum absolute atomic E-state index is 0.809. The van der Waals surface area contributed by atoms with Gasteiger partial charge in [0.15, 0.2) is 0 Å². The van der Waals surface area contributed by atoms with E-state index in [1.807, 2.05) is 24.3 Å². The van der Waals surface area contributed by atoms with Gasteiger partial charge in [0.2, 0.25) is 0 Å². The molecular weight excluding hydrogens is 272 g/mol. The molecule has 108 valence electrons. The summed E-state index contributed by atoms with van der Waals surface area (Å²) >= 11 is 0. The van der Waals surface area contributed by atoms with E-state index < -0.39 is 0 Å². The van der Waals surface area contributed by atoms with Gasteiger partial charge in [-0.15, -0.1) is 0 Å². The summed E-state index contributed by atoms with van der Waals surface area (Å²) in [5.41, 5.74) is 4.28. The summed E-state index contributed by atoms with van der Waals surface area (Å²) in [6, 6.07) is 16.3. The van der Waals surface area contributed by atoms with E-state index in [1.54, 1.807) is 7.11 Å². The fourth-order valence-electron chi connectivity index (χ4n) is 3.14. The van der Waals surface area contributed by atoms with Crippen LogP contribution in [0, 0.1) is 6.92 Å². The third-order valence-corrected chi connectivity index (χ3v) is 4.25. The van der Waals surface area contributed by atoms with Crippen molar-refractivity contribution in [2.45, 2.75) is 6.92 Å². The SMILES string of the molecule is C=C1c2cc(OC)ccc2Oc2ccc3cccc(C)c3c21. The minimum atomic E-state index is 0.809. The van der Waals surface area contributed by atoms with Gasteiger partial charge < -0.3 is 9.47 Å². The van der Waals surface area contributed by atoms with E-state index in [0.29, 0.717) is 0 Å². The van der Waals surface area contributed by atoms with Crippen LogP contribution in [0.1, 0.15) is 16.7 Å². The zero-order chi connectivity index (χ0) is 15.3. The minimum Gasteiger partial charge on any atom is -0.497 e. The van der Waals surface area contributed by atoms with Crippen molar-refractivity contribution in [3.63, 3.8) is 0 Å². The van der Waals surface area contributed by atoms with E-state index in [0.717, 1.165) is 33.9 Å². The summed E-state index contributed by atoms with van der Waals surface area (Å²) in [5, 5.41) is 2.41. The van der Waals surface area contributed by atoms with Gasteiger partial charge in [-0.05, 0) is 53.1 Å². The fraction of sp³-hybridized carbons (Fsp3) is 0.100. The van der Waals surface area contributed by atoms with Gasteiger partial charge in [-0.2, -0.15) is 0 Å². The Balaban J connectivity index is 2.02. The molecule has 1 heterocycles. The number of methoxy groups -OCH3 is 1. The first-order valence-corrected chi connectivity index (χ1v) is 7.27. The largest absolute Gasteiger partial charge is 0.497 e. The van der Waals surface area contributed by atoms with E-state index in [4.69, 9.17) is 9.47 Å². The standard InChI is InChI=1S/C20H16O2/c1-12-5-4-6-14-7-9-18-20(19(12)14)13(2)16-11-15(21-3)8-10-17(16)22-18/h4-11H,2H2,1,3H3. The second-order valence-corrected chi connectivity index (χ2v) is 5.55. The van der Waals surface area contributed by atoms with Crippen molar-refractivity contribution in [3.8, 4) is 17.2 Å². The highest BCUT2D eigenvalue weighted by atomic mass is 16.5. The normalized spacial score (nSPS) is 12.5. The Morgan fingerprint density at radius 1 is 1.00 bits per heavy atom. The Hall–Kier alpha value is -2.74. The Morgan fingerprint density at radius 3 is 2.64 bits per heavy atom. The Morgan fingerprint density at radius 2 is 1.82 bits per heavy atom. The second-order valence-electron chi connectivity index (χ2n) is 5.55. The molecule has 3 aromatic carbocycles. The average Bonchev–Trinajstić information content (AvgIpc) is 2.55. The lowest BCUT2D eigenvalue weighted by molar-refractivity contribution is 0.412. The van der Waals surface area contributed by atoms with Crippen LogP contribution in [0.5, 0.6) is 17.2 Å². The molecule has 0 saturated carbocycles. The number of ether oxygens (including phenoxy) is 2. The van der Waals surface area contributed by atoms with E-state index in [-0.39, 0.29) is 0 Å². The van der Waals surface area contributed by atoms with Crippen LogP contribution in [-0.4, -0.2) is 7.11 Å². The van der Waals surface area contributed by atoms with Crippen molar-refractivity contribution in [1.29, 1.82) is 0 Å². The zero-order valence-corrected chi connectivity index (χ0v) is 12.6. The lowest BCUT2D eigenvalue weighted by Crippen LogP contribution is -2.03. The molecule has 0 aromatic heterocycles. The first-order valence-electron chi connectivity index (χ1n) is 7.27. The molecule has 0 aliphatic carbocycles. The van der Waals surface area contributed by atoms with Crippen LogP contribution < -0.4 is 9.47 Å². The van der Waals surface area contributed by atoms with Crippen molar-refractivity contribution < 1.29 is 9.47 Å². The number of benzene rings is 3. The molecule has 0 unspecified atom stereocenters. The molecule has 1 aliphatic heterocycles. The summed E-state index contributed by atoms with van der Waals surface area (Å²) in [6.45, 7) is 6.45. The molecule has 3 aromatic rings. The van der Waals surface area contributed by atoms with Crippen LogP contribution in [-0.2, 0) is 0 Å². The van der Waals surface area contributed by atoms with Crippen LogP contribution >= 0.6 is 0 Å². The van der Waals surface area contributed by atoms with Gasteiger partial charge in [-0.3, -0.25) is 0 Å². The molecule has 0 spiro atoms. The number of hydrogen-bond donors (Lipinski definition) is 0. The molecule has 2 nitrogen and oxygen atoms in total. The highest BCUT2D eigenvalue weighted by Gasteiger charge is 2.23. The van der Waals surface area contributed by atoms with Crippen LogP contribution in [0.15, 0.2) is 55.1 Å². The molecule has 22 heavy (non-hydrogen) atoms. The Kier molecular flexibility index (Phi) is 2.73. The summed E-state index contributed by atoms with van der Waals surface area (Å²) in [4.78, 5) is 0. The fourth-order valence-corrected chi connectivity index (χ4v) is 3.14. The van der Waals surface area contributed by atoms with Gasteiger partial charge in [0, 0.05) is 11.1 Å². The monoisotopic (exact) mass is 288 g/mol. The van der Waals surface area contributed by atoms with Gasteiger partial charge in [0.1, 0.15) is 17.2 Å². The maximum Gasteiger partial charge on any atom is 0.135 e. The molecule has 0 N–H and O–H groups in total. The summed E-state index contributed by atoms with van der Waals surface area (Å²) in [6.07, 6.45) is 0. The van der Waals surface area contributed by atoms with Crippen molar-refractivity contribution in [2.24, 2.45) is 0 Å². The molecule has 0 saturated heterocycles. The Labute approximate surface area is 129 Å². The van der Waals surface area contributed by atoms with Crippen molar-refractivity contribution in [1.82, 2.24) is 0 Å². The summed E-state index contributed by atoms with van der Waals surface area (Å²) in [5.74, 6) is 2.50. The predicted molar refractivity (Wildman–Crippen MR) is 89.9 cm³/mol. The highest BCUT2D eigenvalue weighted by molar-refractivity contribution is 6.03. The molecule has 0 radical (unpaired) electrons. The number of hydrogen-bond acceptors (Lipinski definition) is 2. The van der Waals surface area contributed by atoms with E-state index in [1.165, 1.54) is 16.3 Å². The lowest BCUT2D eigenvalue weighted by Gasteiger charge is -2.24. The summed E-state index contributed by atoms with van der Waals surface area (Å²) in [7, 11) is 1.67. The lowest BCUT2D eigenvalue weighted by atomic mass is 9.89. The van der Waals surface area contributed by atoms with Crippen LogP contribution in [0.3, 0.4) is 0 Å². The third-order valence-electron chi connectivity index (χ3n) is 4.25. The molecule has 2 heteroatoms. The third kappa shape index (κ3) is 1.74. The van der Waals surface area contributed by atoms with Gasteiger partial charge in [0.25, 0.3) is 0 Å². The van der Waals surface area contributed by atoms with Crippen LogP contribution in [0.25, 0.3) is 16.3 Å².